The Labute approximate surface area is 131 Å². The molecule has 0 bridgehead atoms. The maximum absolute atomic E-state index is 4.63. The number of pyridine rings is 1. The van der Waals surface area contributed by atoms with Crippen molar-refractivity contribution in [1.82, 2.24) is 4.98 Å². The van der Waals surface area contributed by atoms with Crippen LogP contribution in [0.15, 0.2) is 78.9 Å². The highest BCUT2D eigenvalue weighted by Gasteiger charge is 1.92. The number of nitrogens with zero attached hydrogens (tertiary/aromatic N) is 1. The van der Waals surface area contributed by atoms with Gasteiger partial charge in [-0.1, -0.05) is 78.9 Å². The Bertz CT molecular complexity index is 707. The van der Waals surface area contributed by atoms with E-state index in [1.807, 2.05) is 66.7 Å². The summed E-state index contributed by atoms with van der Waals surface area (Å²) < 4.78 is 0. The predicted octanol–water partition coefficient (Wildman–Crippen LogP) is 5.42. The summed E-state index contributed by atoms with van der Waals surface area (Å²) in [6, 6.07) is 26.5. The first kappa shape index (κ1) is 14.0. The van der Waals surface area contributed by atoms with E-state index < -0.39 is 0 Å². The van der Waals surface area contributed by atoms with Gasteiger partial charge in [-0.25, -0.2) is 4.98 Å². The zero-order valence-corrected chi connectivity index (χ0v) is 12.3. The van der Waals surface area contributed by atoms with E-state index >= 15 is 0 Å². The molecule has 2 aromatic carbocycles. The average Bonchev–Trinajstić information content (AvgIpc) is 2.60. The second-order valence-corrected chi connectivity index (χ2v) is 4.98. The van der Waals surface area contributed by atoms with Crippen molar-refractivity contribution in [3.05, 3.63) is 101 Å². The van der Waals surface area contributed by atoms with Gasteiger partial charge >= 0.3 is 0 Å². The smallest absolute Gasteiger partial charge is 0.0637 e. The van der Waals surface area contributed by atoms with Gasteiger partial charge in [0, 0.05) is 0 Å². The molecule has 0 spiro atoms. The summed E-state index contributed by atoms with van der Waals surface area (Å²) in [4.78, 5) is 4.63. The Morgan fingerprint density at radius 3 is 1.36 bits per heavy atom. The second-order valence-electron chi connectivity index (χ2n) is 4.98. The summed E-state index contributed by atoms with van der Waals surface area (Å²) in [5.41, 5.74) is 4.27. The van der Waals surface area contributed by atoms with Crippen LogP contribution in [0.3, 0.4) is 0 Å². The van der Waals surface area contributed by atoms with Crippen molar-refractivity contribution in [3.63, 3.8) is 0 Å². The van der Waals surface area contributed by atoms with E-state index in [9.17, 15) is 0 Å². The fraction of sp³-hybridized carbons (Fsp3) is 0. The lowest BCUT2D eigenvalue weighted by atomic mass is 10.2. The molecule has 1 heterocycles. The maximum atomic E-state index is 4.63. The van der Waals surface area contributed by atoms with Gasteiger partial charge in [-0.05, 0) is 35.4 Å². The Morgan fingerprint density at radius 2 is 0.909 bits per heavy atom. The minimum Gasteiger partial charge on any atom is -0.249 e. The molecule has 0 fully saturated rings. The molecule has 0 unspecified atom stereocenters. The molecule has 0 saturated carbocycles. The van der Waals surface area contributed by atoms with Gasteiger partial charge in [0.15, 0.2) is 0 Å². The molecular formula is C21H17N. The minimum absolute atomic E-state index is 0.957. The Hall–Kier alpha value is -2.93. The first-order valence-electron chi connectivity index (χ1n) is 7.33. The monoisotopic (exact) mass is 283 g/mol. The van der Waals surface area contributed by atoms with Crippen molar-refractivity contribution < 1.29 is 0 Å². The Kier molecular flexibility index (Phi) is 4.58. The van der Waals surface area contributed by atoms with Crippen molar-refractivity contribution in [2.45, 2.75) is 0 Å². The molecule has 3 rings (SSSR count). The van der Waals surface area contributed by atoms with Gasteiger partial charge in [0.1, 0.15) is 0 Å². The van der Waals surface area contributed by atoms with Crippen LogP contribution in [0.25, 0.3) is 24.3 Å². The molecular weight excluding hydrogens is 266 g/mol. The second kappa shape index (κ2) is 7.19. The van der Waals surface area contributed by atoms with Gasteiger partial charge in [0.2, 0.25) is 0 Å². The number of aromatic nitrogens is 1. The maximum Gasteiger partial charge on any atom is 0.0637 e. The van der Waals surface area contributed by atoms with Crippen molar-refractivity contribution >= 4 is 24.3 Å². The van der Waals surface area contributed by atoms with E-state index in [1.54, 1.807) is 0 Å². The molecule has 1 aromatic heterocycles. The summed E-state index contributed by atoms with van der Waals surface area (Å²) in [5, 5.41) is 0. The number of rotatable bonds is 4. The molecule has 106 valence electrons. The van der Waals surface area contributed by atoms with Crippen LogP contribution in [0.2, 0.25) is 0 Å². The third-order valence-electron chi connectivity index (χ3n) is 3.28. The van der Waals surface area contributed by atoms with Crippen molar-refractivity contribution in [3.8, 4) is 0 Å². The highest BCUT2D eigenvalue weighted by atomic mass is 14.7. The molecule has 0 radical (unpaired) electrons. The molecule has 0 saturated heterocycles. The van der Waals surface area contributed by atoms with Crippen LogP contribution >= 0.6 is 0 Å². The zero-order chi connectivity index (χ0) is 15.0. The highest BCUT2D eigenvalue weighted by molar-refractivity contribution is 5.71. The quantitative estimate of drug-likeness (QED) is 0.622. The van der Waals surface area contributed by atoms with Gasteiger partial charge in [-0.3, -0.25) is 0 Å². The molecule has 0 amide bonds. The predicted molar refractivity (Wildman–Crippen MR) is 95.0 cm³/mol. The largest absolute Gasteiger partial charge is 0.249 e. The van der Waals surface area contributed by atoms with E-state index in [2.05, 4.69) is 41.4 Å². The van der Waals surface area contributed by atoms with Crippen molar-refractivity contribution in [1.29, 1.82) is 0 Å². The standard InChI is InChI=1S/C21H17N/c1-3-8-18(9-4-1)14-16-20-12-7-13-21(22-20)17-15-19-10-5-2-6-11-19/h1-17H. The summed E-state index contributed by atoms with van der Waals surface area (Å²) >= 11 is 0. The number of benzene rings is 2. The van der Waals surface area contributed by atoms with Crippen molar-refractivity contribution in [2.75, 3.05) is 0 Å². The van der Waals surface area contributed by atoms with Crippen LogP contribution in [-0.2, 0) is 0 Å². The fourth-order valence-electron chi connectivity index (χ4n) is 2.15. The number of hydrogen-bond acceptors (Lipinski definition) is 1. The van der Waals surface area contributed by atoms with Crippen molar-refractivity contribution in [2.24, 2.45) is 0 Å². The molecule has 3 aromatic rings. The van der Waals surface area contributed by atoms with Crippen LogP contribution in [0.1, 0.15) is 22.5 Å². The third-order valence-corrected chi connectivity index (χ3v) is 3.28. The molecule has 0 atom stereocenters. The zero-order valence-electron chi connectivity index (χ0n) is 12.3. The van der Waals surface area contributed by atoms with E-state index in [4.69, 9.17) is 0 Å². The van der Waals surface area contributed by atoms with Crippen LogP contribution < -0.4 is 0 Å². The van der Waals surface area contributed by atoms with Crippen LogP contribution in [0.4, 0.5) is 0 Å². The van der Waals surface area contributed by atoms with Gasteiger partial charge < -0.3 is 0 Å². The summed E-state index contributed by atoms with van der Waals surface area (Å²) in [7, 11) is 0. The van der Waals surface area contributed by atoms with E-state index in [0.717, 1.165) is 11.4 Å². The van der Waals surface area contributed by atoms with Crippen LogP contribution in [-0.4, -0.2) is 4.98 Å². The lowest BCUT2D eigenvalue weighted by molar-refractivity contribution is 1.27. The molecule has 22 heavy (non-hydrogen) atoms. The SMILES string of the molecule is C(=Cc1cccc(C=Cc2ccccc2)n1)c1ccccc1. The lowest BCUT2D eigenvalue weighted by Gasteiger charge is -1.97. The average molecular weight is 283 g/mol. The highest BCUT2D eigenvalue weighted by Crippen LogP contribution is 2.10. The Balaban J connectivity index is 1.75. The van der Waals surface area contributed by atoms with Crippen LogP contribution in [0, 0.1) is 0 Å². The van der Waals surface area contributed by atoms with Gasteiger partial charge in [0.05, 0.1) is 11.4 Å². The fourth-order valence-corrected chi connectivity index (χ4v) is 2.15. The van der Waals surface area contributed by atoms with Gasteiger partial charge in [-0.2, -0.15) is 0 Å². The Morgan fingerprint density at radius 1 is 0.455 bits per heavy atom. The lowest BCUT2D eigenvalue weighted by Crippen LogP contribution is -1.84. The molecule has 0 aliphatic carbocycles. The van der Waals surface area contributed by atoms with E-state index in [-0.39, 0.29) is 0 Å². The van der Waals surface area contributed by atoms with Crippen LogP contribution in [0.5, 0.6) is 0 Å². The number of hydrogen-bond donors (Lipinski definition) is 0. The van der Waals surface area contributed by atoms with Gasteiger partial charge in [-0.15, -0.1) is 0 Å². The summed E-state index contributed by atoms with van der Waals surface area (Å²) in [6.45, 7) is 0. The molecule has 0 aliphatic rings. The molecule has 1 heteroatoms. The van der Waals surface area contributed by atoms with Gasteiger partial charge in [0.25, 0.3) is 0 Å². The third kappa shape index (κ3) is 4.03. The topological polar surface area (TPSA) is 12.9 Å². The van der Waals surface area contributed by atoms with E-state index in [0.29, 0.717) is 0 Å². The first-order chi connectivity index (χ1) is 10.9. The molecule has 0 aliphatic heterocycles. The molecule has 1 nitrogen and oxygen atoms in total. The summed E-state index contributed by atoms with van der Waals surface area (Å²) in [5.74, 6) is 0. The summed E-state index contributed by atoms with van der Waals surface area (Å²) in [6.07, 6.45) is 8.23. The molecule has 0 N–H and O–H groups in total. The van der Waals surface area contributed by atoms with E-state index in [1.165, 1.54) is 11.1 Å². The minimum atomic E-state index is 0.957. The first-order valence-corrected chi connectivity index (χ1v) is 7.33. The normalized spacial score (nSPS) is 11.3.